The molecule has 2 amide bonds. The third-order valence-corrected chi connectivity index (χ3v) is 8.62. The summed E-state index contributed by atoms with van der Waals surface area (Å²) in [6, 6.07) is 27.9. The van der Waals surface area contributed by atoms with Gasteiger partial charge >= 0.3 is 6.03 Å². The molecule has 2 aromatic heterocycles. The third kappa shape index (κ3) is 7.95. The molecule has 0 radical (unpaired) electrons. The van der Waals surface area contributed by atoms with Crippen molar-refractivity contribution >= 4 is 28.3 Å². The van der Waals surface area contributed by atoms with Crippen molar-refractivity contribution in [2.45, 2.75) is 45.1 Å². The van der Waals surface area contributed by atoms with Gasteiger partial charge in [-0.25, -0.2) is 14.5 Å². The van der Waals surface area contributed by atoms with Crippen molar-refractivity contribution in [1.29, 1.82) is 0 Å². The molecule has 1 fully saturated rings. The van der Waals surface area contributed by atoms with Crippen LogP contribution in [0.5, 0.6) is 11.6 Å². The zero-order valence-electron chi connectivity index (χ0n) is 28.1. The molecule has 0 bridgehead atoms. The van der Waals surface area contributed by atoms with Crippen molar-refractivity contribution in [3.63, 3.8) is 0 Å². The van der Waals surface area contributed by atoms with Gasteiger partial charge in [0.2, 0.25) is 5.88 Å². The van der Waals surface area contributed by atoms with E-state index in [4.69, 9.17) is 19.3 Å². The van der Waals surface area contributed by atoms with Crippen LogP contribution in [-0.2, 0) is 16.6 Å². The number of fused-ring (bicyclic) bond motifs is 1. The molecule has 0 aliphatic carbocycles. The normalized spacial score (nSPS) is 15.3. The highest BCUT2D eigenvalue weighted by Gasteiger charge is 2.24. The van der Waals surface area contributed by atoms with Crippen molar-refractivity contribution in [1.82, 2.24) is 19.7 Å². The standard InChI is InChI=1S/C38H44N6O4/c1-38(2,3)34-24-35(44(42-34)28-16-19-36(46-4)39-25-28)41-37(45)40-32-17-18-33(31-13-9-8-12-30(31)32)48-23-21-43-20-22-47-26-29(43)15-14-27-10-6-5-7-11-27/h5-13,16-19,24-25,29H,14-15,20-23,26H2,1-4H3,(H2,40,41,45). The van der Waals surface area contributed by atoms with Gasteiger partial charge in [-0.05, 0) is 36.6 Å². The molecule has 250 valence electrons. The first-order valence-electron chi connectivity index (χ1n) is 16.5. The van der Waals surface area contributed by atoms with Gasteiger partial charge in [0.1, 0.15) is 18.2 Å². The predicted octanol–water partition coefficient (Wildman–Crippen LogP) is 7.08. The average molecular weight is 649 g/mol. The monoisotopic (exact) mass is 648 g/mol. The molecule has 1 atom stereocenters. The summed E-state index contributed by atoms with van der Waals surface area (Å²) >= 11 is 0. The molecule has 0 saturated carbocycles. The molecule has 1 saturated heterocycles. The van der Waals surface area contributed by atoms with E-state index < -0.39 is 0 Å². The number of aromatic nitrogens is 3. The number of morpholine rings is 1. The van der Waals surface area contributed by atoms with Gasteiger partial charge in [-0.15, -0.1) is 0 Å². The van der Waals surface area contributed by atoms with Gasteiger partial charge in [0.25, 0.3) is 0 Å². The molecule has 48 heavy (non-hydrogen) atoms. The second-order valence-electron chi connectivity index (χ2n) is 13.0. The van der Waals surface area contributed by atoms with E-state index in [1.807, 2.05) is 48.5 Å². The molecule has 3 heterocycles. The summed E-state index contributed by atoms with van der Waals surface area (Å²) in [5.41, 5.74) is 3.34. The molecule has 1 aliphatic rings. The zero-order chi connectivity index (χ0) is 33.5. The van der Waals surface area contributed by atoms with Crippen LogP contribution in [0.15, 0.2) is 91.1 Å². The Kier molecular flexibility index (Phi) is 10.2. The number of hydrogen-bond donors (Lipinski definition) is 2. The molecule has 1 unspecified atom stereocenters. The van der Waals surface area contributed by atoms with Crippen LogP contribution in [0.4, 0.5) is 16.3 Å². The highest BCUT2D eigenvalue weighted by molar-refractivity contribution is 6.07. The number of anilines is 2. The maximum absolute atomic E-state index is 13.4. The van der Waals surface area contributed by atoms with Crippen LogP contribution in [0.25, 0.3) is 16.5 Å². The first kappa shape index (κ1) is 33.0. The Morgan fingerprint density at radius 2 is 1.77 bits per heavy atom. The lowest BCUT2D eigenvalue weighted by molar-refractivity contribution is -0.0147. The van der Waals surface area contributed by atoms with Crippen LogP contribution >= 0.6 is 0 Å². The number of carbonyl (C=O) groups excluding carboxylic acids is 1. The number of nitrogens with zero attached hydrogens (tertiary/aromatic N) is 4. The van der Waals surface area contributed by atoms with E-state index in [-0.39, 0.29) is 11.4 Å². The van der Waals surface area contributed by atoms with Gasteiger partial charge in [0.15, 0.2) is 0 Å². The van der Waals surface area contributed by atoms with E-state index in [1.165, 1.54) is 5.56 Å². The summed E-state index contributed by atoms with van der Waals surface area (Å²) in [5, 5.41) is 12.6. The van der Waals surface area contributed by atoms with Gasteiger partial charge in [-0.1, -0.05) is 75.4 Å². The number of hydrogen-bond acceptors (Lipinski definition) is 7. The minimum atomic E-state index is -0.384. The number of aryl methyl sites for hydroxylation is 1. The van der Waals surface area contributed by atoms with E-state index in [2.05, 4.69) is 71.6 Å². The first-order chi connectivity index (χ1) is 23.3. The van der Waals surface area contributed by atoms with Crippen molar-refractivity contribution in [2.24, 2.45) is 0 Å². The van der Waals surface area contributed by atoms with Crippen molar-refractivity contribution < 1.29 is 19.0 Å². The van der Waals surface area contributed by atoms with E-state index in [1.54, 1.807) is 24.1 Å². The van der Waals surface area contributed by atoms with Crippen LogP contribution in [0, 0.1) is 0 Å². The van der Waals surface area contributed by atoms with Gasteiger partial charge in [0, 0.05) is 47.5 Å². The van der Waals surface area contributed by atoms with Gasteiger partial charge in [-0.3, -0.25) is 10.2 Å². The Balaban J connectivity index is 1.12. The topological polar surface area (TPSA) is 103 Å². The highest BCUT2D eigenvalue weighted by atomic mass is 16.5. The molecule has 10 nitrogen and oxygen atoms in total. The maximum Gasteiger partial charge on any atom is 0.324 e. The lowest BCUT2D eigenvalue weighted by Crippen LogP contribution is -2.47. The summed E-state index contributed by atoms with van der Waals surface area (Å²) in [7, 11) is 1.57. The summed E-state index contributed by atoms with van der Waals surface area (Å²) in [6.45, 7) is 9.99. The summed E-state index contributed by atoms with van der Waals surface area (Å²) < 4.78 is 19.1. The van der Waals surface area contributed by atoms with E-state index in [0.717, 1.165) is 61.4 Å². The Labute approximate surface area is 282 Å². The number of benzene rings is 3. The van der Waals surface area contributed by atoms with Gasteiger partial charge < -0.3 is 19.5 Å². The molecule has 3 aromatic carbocycles. The molecular weight excluding hydrogens is 604 g/mol. The van der Waals surface area contributed by atoms with Gasteiger partial charge in [-0.2, -0.15) is 5.10 Å². The van der Waals surface area contributed by atoms with E-state index in [0.29, 0.717) is 35.7 Å². The lowest BCUT2D eigenvalue weighted by Gasteiger charge is -2.35. The average Bonchev–Trinajstić information content (AvgIpc) is 3.53. The fourth-order valence-corrected chi connectivity index (χ4v) is 5.93. The molecule has 10 heteroatoms. The van der Waals surface area contributed by atoms with E-state index in [9.17, 15) is 4.79 Å². The third-order valence-electron chi connectivity index (χ3n) is 8.62. The number of nitrogens with one attached hydrogen (secondary N) is 2. The largest absolute Gasteiger partial charge is 0.492 e. The molecule has 0 spiro atoms. The maximum atomic E-state index is 13.4. The number of ether oxygens (including phenoxy) is 3. The van der Waals surface area contributed by atoms with E-state index >= 15 is 0 Å². The number of methoxy groups -OCH3 is 1. The number of urea groups is 1. The van der Waals surface area contributed by atoms with Crippen LogP contribution in [0.2, 0.25) is 0 Å². The van der Waals surface area contributed by atoms with Gasteiger partial charge in [0.05, 0.1) is 43.6 Å². The molecule has 5 aromatic rings. The second-order valence-corrected chi connectivity index (χ2v) is 13.0. The van der Waals surface area contributed by atoms with Crippen molar-refractivity contribution in [2.75, 3.05) is 50.7 Å². The molecule has 2 N–H and O–H groups in total. The zero-order valence-corrected chi connectivity index (χ0v) is 28.1. The number of pyridine rings is 1. The molecule has 6 rings (SSSR count). The van der Waals surface area contributed by atoms with Crippen LogP contribution in [-0.4, -0.2) is 71.8 Å². The van der Waals surface area contributed by atoms with Crippen LogP contribution < -0.4 is 20.1 Å². The summed E-state index contributed by atoms with van der Waals surface area (Å²) in [6.07, 6.45) is 3.74. The Bertz CT molecular complexity index is 1820. The fraction of sp³-hybridized carbons (Fsp3) is 0.342. The first-order valence-corrected chi connectivity index (χ1v) is 16.5. The summed E-state index contributed by atoms with van der Waals surface area (Å²) in [5.74, 6) is 1.81. The fourth-order valence-electron chi connectivity index (χ4n) is 5.93. The number of rotatable bonds is 11. The number of carbonyl (C=O) groups is 1. The Morgan fingerprint density at radius 3 is 2.52 bits per heavy atom. The second kappa shape index (κ2) is 14.9. The number of amides is 2. The smallest absolute Gasteiger partial charge is 0.324 e. The molecule has 1 aliphatic heterocycles. The SMILES string of the molecule is COc1ccc(-n2nc(C(C)(C)C)cc2NC(=O)Nc2ccc(OCCN3CCOCC3CCc3ccccc3)c3ccccc23)cn1. The minimum Gasteiger partial charge on any atom is -0.492 e. The summed E-state index contributed by atoms with van der Waals surface area (Å²) in [4.78, 5) is 20.2. The molecular formula is C38H44N6O4. The quantitative estimate of drug-likeness (QED) is 0.158. The van der Waals surface area contributed by atoms with Crippen molar-refractivity contribution in [3.8, 4) is 17.3 Å². The highest BCUT2D eigenvalue weighted by Crippen LogP contribution is 2.32. The predicted molar refractivity (Wildman–Crippen MR) is 190 cm³/mol. The van der Waals surface area contributed by atoms with Crippen LogP contribution in [0.1, 0.15) is 38.4 Å². The minimum absolute atomic E-state index is 0.227. The van der Waals surface area contributed by atoms with Crippen LogP contribution in [0.3, 0.4) is 0 Å². The Morgan fingerprint density at radius 1 is 0.979 bits per heavy atom. The van der Waals surface area contributed by atoms with Crippen molar-refractivity contribution in [3.05, 3.63) is 102 Å². The Hall–Kier alpha value is -4.93. The lowest BCUT2D eigenvalue weighted by atomic mass is 9.92.